The highest BCUT2D eigenvalue weighted by Gasteiger charge is 2.21. The van der Waals surface area contributed by atoms with Gasteiger partial charge in [0.05, 0.1) is 6.10 Å². The molecule has 1 atom stereocenters. The van der Waals surface area contributed by atoms with Crippen LogP contribution in [0.2, 0.25) is 0 Å². The first kappa shape index (κ1) is 15.9. The van der Waals surface area contributed by atoms with Gasteiger partial charge in [-0.15, -0.1) is 5.10 Å². The molecule has 0 aromatic carbocycles. The number of anilines is 1. The minimum atomic E-state index is -0.647. The molecule has 8 heteroatoms. The highest BCUT2D eigenvalue weighted by Crippen LogP contribution is 2.10. The third-order valence-corrected chi connectivity index (χ3v) is 2.62. The summed E-state index contributed by atoms with van der Waals surface area (Å²) >= 11 is 0. The van der Waals surface area contributed by atoms with Crippen LogP contribution in [-0.2, 0) is 16.1 Å². The second-order valence-electron chi connectivity index (χ2n) is 4.81. The fourth-order valence-corrected chi connectivity index (χ4v) is 1.41. The van der Waals surface area contributed by atoms with E-state index in [0.717, 1.165) is 6.42 Å². The summed E-state index contributed by atoms with van der Waals surface area (Å²) in [5, 5.41) is 10.1. The monoisotopic (exact) mass is 283 g/mol. The Kier molecular flexibility index (Phi) is 5.48. The molecule has 0 saturated carbocycles. The van der Waals surface area contributed by atoms with Crippen LogP contribution in [0.25, 0.3) is 0 Å². The van der Waals surface area contributed by atoms with Gasteiger partial charge in [-0.25, -0.2) is 9.48 Å². The Hall–Kier alpha value is -2.12. The van der Waals surface area contributed by atoms with Crippen LogP contribution in [-0.4, -0.2) is 39.0 Å². The van der Waals surface area contributed by atoms with Crippen molar-refractivity contribution in [2.24, 2.45) is 0 Å². The molecule has 0 aliphatic carbocycles. The normalized spacial score (nSPS) is 12.2. The maximum absolute atomic E-state index is 11.7. The first-order valence-corrected chi connectivity index (χ1v) is 6.54. The van der Waals surface area contributed by atoms with Crippen LogP contribution >= 0.6 is 0 Å². The van der Waals surface area contributed by atoms with Crippen molar-refractivity contribution in [2.75, 3.05) is 5.73 Å². The predicted molar refractivity (Wildman–Crippen MR) is 72.9 cm³/mol. The summed E-state index contributed by atoms with van der Waals surface area (Å²) in [6.07, 6.45) is 0.547. The van der Waals surface area contributed by atoms with Crippen LogP contribution in [0.5, 0.6) is 0 Å². The molecule has 1 rings (SSSR count). The topological polar surface area (TPSA) is 112 Å². The number of nitrogen functional groups attached to an aromatic ring is 1. The third kappa shape index (κ3) is 4.22. The van der Waals surface area contributed by atoms with E-state index in [2.05, 4.69) is 15.6 Å². The van der Waals surface area contributed by atoms with Gasteiger partial charge in [0.25, 0.3) is 0 Å². The summed E-state index contributed by atoms with van der Waals surface area (Å²) in [6.45, 7) is 7.22. The first-order valence-electron chi connectivity index (χ1n) is 6.54. The molecule has 112 valence electrons. The van der Waals surface area contributed by atoms with Gasteiger partial charge in [0, 0.05) is 6.04 Å². The molecular formula is C12H21N5O3. The molecule has 1 amide bonds. The minimum Gasteiger partial charge on any atom is -0.458 e. The molecule has 0 aliphatic heterocycles. The van der Waals surface area contributed by atoms with Gasteiger partial charge in [-0.05, 0) is 27.2 Å². The number of carbonyl (C=O) groups excluding carboxylic acids is 2. The maximum Gasteiger partial charge on any atom is 0.363 e. The molecule has 8 nitrogen and oxygen atoms in total. The second-order valence-corrected chi connectivity index (χ2v) is 4.81. The highest BCUT2D eigenvalue weighted by atomic mass is 16.5. The van der Waals surface area contributed by atoms with E-state index in [1.165, 1.54) is 4.68 Å². The molecule has 0 spiro atoms. The summed E-state index contributed by atoms with van der Waals surface area (Å²) in [4.78, 5) is 23.4. The summed E-state index contributed by atoms with van der Waals surface area (Å²) in [5.41, 5.74) is 5.67. The fourth-order valence-electron chi connectivity index (χ4n) is 1.41. The molecule has 0 bridgehead atoms. The third-order valence-electron chi connectivity index (χ3n) is 2.62. The van der Waals surface area contributed by atoms with Crippen molar-refractivity contribution >= 4 is 17.7 Å². The van der Waals surface area contributed by atoms with Gasteiger partial charge >= 0.3 is 5.97 Å². The number of rotatable bonds is 6. The number of hydrogen-bond donors (Lipinski definition) is 2. The predicted octanol–water partition coefficient (Wildman–Crippen LogP) is 0.340. The van der Waals surface area contributed by atoms with E-state index in [0.29, 0.717) is 0 Å². The number of amides is 1. The molecule has 0 aliphatic rings. The van der Waals surface area contributed by atoms with Gasteiger partial charge in [-0.2, -0.15) is 0 Å². The number of nitrogens with one attached hydrogen (secondary N) is 1. The van der Waals surface area contributed by atoms with Gasteiger partial charge in [0.1, 0.15) is 6.54 Å². The summed E-state index contributed by atoms with van der Waals surface area (Å²) in [5.74, 6) is -0.860. The van der Waals surface area contributed by atoms with Crippen molar-refractivity contribution in [3.8, 4) is 0 Å². The van der Waals surface area contributed by atoms with Crippen molar-refractivity contribution in [1.82, 2.24) is 20.3 Å². The minimum absolute atomic E-state index is 0.0231. The zero-order valence-electron chi connectivity index (χ0n) is 12.2. The molecule has 0 radical (unpaired) electrons. The Morgan fingerprint density at radius 2 is 2.05 bits per heavy atom. The lowest BCUT2D eigenvalue weighted by Crippen LogP contribution is -2.35. The average Bonchev–Trinajstić information content (AvgIpc) is 2.70. The van der Waals surface area contributed by atoms with Crippen LogP contribution in [0.3, 0.4) is 0 Å². The van der Waals surface area contributed by atoms with Gasteiger partial charge in [-0.3, -0.25) is 4.79 Å². The van der Waals surface area contributed by atoms with Gasteiger partial charge in [0.15, 0.2) is 5.82 Å². The summed E-state index contributed by atoms with van der Waals surface area (Å²) < 4.78 is 6.16. The Bertz CT molecular complexity index is 483. The summed E-state index contributed by atoms with van der Waals surface area (Å²) in [6, 6.07) is 0.0672. The van der Waals surface area contributed by atoms with E-state index in [-0.39, 0.29) is 36.1 Å². The molecule has 3 N–H and O–H groups in total. The van der Waals surface area contributed by atoms with E-state index in [1.807, 2.05) is 13.8 Å². The lowest BCUT2D eigenvalue weighted by Gasteiger charge is -2.11. The van der Waals surface area contributed by atoms with E-state index in [4.69, 9.17) is 10.5 Å². The summed E-state index contributed by atoms with van der Waals surface area (Å²) in [7, 11) is 0. The van der Waals surface area contributed by atoms with Crippen LogP contribution < -0.4 is 11.1 Å². The molecule has 1 heterocycles. The molecule has 0 saturated heterocycles. The Labute approximate surface area is 117 Å². The molecule has 1 unspecified atom stereocenters. The quantitative estimate of drug-likeness (QED) is 0.728. The Morgan fingerprint density at radius 3 is 2.60 bits per heavy atom. The Balaban J connectivity index is 2.72. The molecular weight excluding hydrogens is 262 g/mol. The van der Waals surface area contributed by atoms with Crippen molar-refractivity contribution < 1.29 is 14.3 Å². The maximum atomic E-state index is 11.7. The standard InChI is InChI=1S/C12H21N5O3/c1-5-8(4)14-9(18)6-17-11(13)10(15-16-17)12(19)20-7(2)3/h7-8H,5-6,13H2,1-4H3,(H,14,18). The lowest BCUT2D eigenvalue weighted by molar-refractivity contribution is -0.122. The van der Waals surface area contributed by atoms with Crippen LogP contribution in [0.1, 0.15) is 44.6 Å². The van der Waals surface area contributed by atoms with E-state index < -0.39 is 5.97 Å². The lowest BCUT2D eigenvalue weighted by atomic mass is 10.2. The zero-order valence-corrected chi connectivity index (χ0v) is 12.2. The van der Waals surface area contributed by atoms with Gasteiger partial charge in [0.2, 0.25) is 11.6 Å². The molecule has 1 aromatic heterocycles. The highest BCUT2D eigenvalue weighted by molar-refractivity contribution is 5.92. The number of nitrogens with zero attached hydrogens (tertiary/aromatic N) is 3. The van der Waals surface area contributed by atoms with Crippen molar-refractivity contribution in [3.63, 3.8) is 0 Å². The van der Waals surface area contributed by atoms with E-state index >= 15 is 0 Å². The smallest absolute Gasteiger partial charge is 0.363 e. The second kappa shape index (κ2) is 6.88. The van der Waals surface area contributed by atoms with E-state index in [9.17, 15) is 9.59 Å². The molecule has 0 fully saturated rings. The number of carbonyl (C=O) groups is 2. The van der Waals surface area contributed by atoms with Crippen LogP contribution in [0.4, 0.5) is 5.82 Å². The zero-order chi connectivity index (χ0) is 15.3. The number of ether oxygens (including phenoxy) is 1. The number of hydrogen-bond acceptors (Lipinski definition) is 6. The number of nitrogens with two attached hydrogens (primary N) is 1. The SMILES string of the molecule is CCC(C)NC(=O)Cn1nnc(C(=O)OC(C)C)c1N. The number of esters is 1. The fraction of sp³-hybridized carbons (Fsp3) is 0.667. The van der Waals surface area contributed by atoms with Crippen LogP contribution in [0, 0.1) is 0 Å². The van der Waals surface area contributed by atoms with E-state index in [1.54, 1.807) is 13.8 Å². The first-order chi connectivity index (χ1) is 9.35. The van der Waals surface area contributed by atoms with Gasteiger partial charge < -0.3 is 15.8 Å². The number of aromatic nitrogens is 3. The molecule has 1 aromatic rings. The average molecular weight is 283 g/mol. The molecule has 20 heavy (non-hydrogen) atoms. The largest absolute Gasteiger partial charge is 0.458 e. The van der Waals surface area contributed by atoms with Crippen molar-refractivity contribution in [1.29, 1.82) is 0 Å². The van der Waals surface area contributed by atoms with Crippen molar-refractivity contribution in [3.05, 3.63) is 5.69 Å². The van der Waals surface area contributed by atoms with Crippen molar-refractivity contribution in [2.45, 2.75) is 52.8 Å². The van der Waals surface area contributed by atoms with Gasteiger partial charge in [-0.1, -0.05) is 12.1 Å². The Morgan fingerprint density at radius 1 is 1.40 bits per heavy atom. The van der Waals surface area contributed by atoms with Crippen LogP contribution in [0.15, 0.2) is 0 Å².